The standard InChI is InChI=1S/C15H19ClFNO/c16-13-5-4-12(17)9-11(13)10-15(19)6-8-18-7-2-1-3-14(15)18/h4-5,9,14,19H,1-3,6-8,10H2. The van der Waals surface area contributed by atoms with Crippen molar-refractivity contribution in [1.82, 2.24) is 4.90 Å². The Balaban J connectivity index is 1.83. The predicted molar refractivity (Wildman–Crippen MR) is 73.9 cm³/mol. The molecule has 2 unspecified atom stereocenters. The monoisotopic (exact) mass is 283 g/mol. The summed E-state index contributed by atoms with van der Waals surface area (Å²) in [5.74, 6) is -0.290. The van der Waals surface area contributed by atoms with E-state index in [1.54, 1.807) is 6.07 Å². The lowest BCUT2D eigenvalue weighted by atomic mass is 9.84. The first kappa shape index (κ1) is 13.3. The van der Waals surface area contributed by atoms with E-state index in [4.69, 9.17) is 11.6 Å². The van der Waals surface area contributed by atoms with Gasteiger partial charge >= 0.3 is 0 Å². The normalized spacial score (nSPS) is 31.4. The van der Waals surface area contributed by atoms with Gasteiger partial charge in [-0.2, -0.15) is 0 Å². The zero-order valence-electron chi connectivity index (χ0n) is 10.9. The third kappa shape index (κ3) is 2.51. The number of rotatable bonds is 2. The molecule has 2 aliphatic rings. The number of benzene rings is 1. The summed E-state index contributed by atoms with van der Waals surface area (Å²) in [6.45, 7) is 2.01. The summed E-state index contributed by atoms with van der Waals surface area (Å²) in [4.78, 5) is 2.37. The summed E-state index contributed by atoms with van der Waals surface area (Å²) in [6, 6.07) is 4.59. The van der Waals surface area contributed by atoms with Crippen LogP contribution in [0.4, 0.5) is 4.39 Å². The molecule has 2 fully saturated rings. The molecule has 4 heteroatoms. The largest absolute Gasteiger partial charge is 0.388 e. The second-order valence-electron chi connectivity index (χ2n) is 5.81. The van der Waals surface area contributed by atoms with Gasteiger partial charge in [0.25, 0.3) is 0 Å². The number of piperidine rings is 1. The van der Waals surface area contributed by atoms with Gasteiger partial charge in [0.15, 0.2) is 0 Å². The second-order valence-corrected chi connectivity index (χ2v) is 6.22. The van der Waals surface area contributed by atoms with Crippen molar-refractivity contribution in [3.8, 4) is 0 Å². The number of hydrogen-bond donors (Lipinski definition) is 1. The lowest BCUT2D eigenvalue weighted by Gasteiger charge is -2.37. The van der Waals surface area contributed by atoms with Crippen molar-refractivity contribution in [3.63, 3.8) is 0 Å². The van der Waals surface area contributed by atoms with E-state index in [-0.39, 0.29) is 11.9 Å². The molecule has 0 saturated carbocycles. The number of nitrogens with zero attached hydrogens (tertiary/aromatic N) is 1. The molecule has 2 nitrogen and oxygen atoms in total. The summed E-state index contributed by atoms with van der Waals surface area (Å²) in [5.41, 5.74) is -0.0331. The third-order valence-corrected chi connectivity index (χ3v) is 4.94. The molecular formula is C15H19ClFNO. The zero-order valence-corrected chi connectivity index (χ0v) is 11.7. The van der Waals surface area contributed by atoms with Gasteiger partial charge in [0.05, 0.1) is 5.60 Å². The summed E-state index contributed by atoms with van der Waals surface area (Å²) in [5, 5.41) is 11.5. The molecule has 0 spiro atoms. The number of halogens is 2. The Morgan fingerprint density at radius 1 is 1.37 bits per heavy atom. The molecule has 1 aromatic carbocycles. The summed E-state index contributed by atoms with van der Waals surface area (Å²) >= 11 is 6.12. The Hall–Kier alpha value is -0.640. The van der Waals surface area contributed by atoms with Crippen LogP contribution in [0.5, 0.6) is 0 Å². The number of aliphatic hydroxyl groups is 1. The highest BCUT2D eigenvalue weighted by molar-refractivity contribution is 6.31. The highest BCUT2D eigenvalue weighted by Crippen LogP contribution is 2.38. The van der Waals surface area contributed by atoms with Crippen LogP contribution in [0.1, 0.15) is 31.2 Å². The van der Waals surface area contributed by atoms with Gasteiger partial charge in [-0.15, -0.1) is 0 Å². The van der Waals surface area contributed by atoms with Crippen molar-refractivity contribution >= 4 is 11.6 Å². The van der Waals surface area contributed by atoms with E-state index in [2.05, 4.69) is 4.90 Å². The molecule has 0 bridgehead atoms. The summed E-state index contributed by atoms with van der Waals surface area (Å²) < 4.78 is 13.3. The first-order valence-electron chi connectivity index (χ1n) is 6.99. The molecule has 19 heavy (non-hydrogen) atoms. The molecule has 1 aromatic rings. The molecular weight excluding hydrogens is 265 g/mol. The average Bonchev–Trinajstić information content (AvgIpc) is 2.73. The average molecular weight is 284 g/mol. The molecule has 1 N–H and O–H groups in total. The van der Waals surface area contributed by atoms with Crippen molar-refractivity contribution in [1.29, 1.82) is 0 Å². The smallest absolute Gasteiger partial charge is 0.123 e. The SMILES string of the molecule is OC1(Cc2cc(F)ccc2Cl)CCN2CCCCC21. The minimum atomic E-state index is -0.752. The maximum Gasteiger partial charge on any atom is 0.123 e. The fourth-order valence-electron chi connectivity index (χ4n) is 3.59. The zero-order chi connectivity index (χ0) is 13.5. The van der Waals surface area contributed by atoms with Crippen molar-refractivity contribution in [2.45, 2.75) is 43.7 Å². The van der Waals surface area contributed by atoms with E-state index in [1.165, 1.54) is 25.0 Å². The lowest BCUT2D eigenvalue weighted by molar-refractivity contribution is -0.00888. The first-order chi connectivity index (χ1) is 9.08. The molecule has 0 radical (unpaired) electrons. The molecule has 0 aliphatic carbocycles. The van der Waals surface area contributed by atoms with Gasteiger partial charge in [0.2, 0.25) is 0 Å². The minimum Gasteiger partial charge on any atom is -0.388 e. The van der Waals surface area contributed by atoms with Gasteiger partial charge in [0.1, 0.15) is 5.82 Å². The number of fused-ring (bicyclic) bond motifs is 1. The molecule has 104 valence electrons. The van der Waals surface area contributed by atoms with Crippen molar-refractivity contribution < 1.29 is 9.50 Å². The molecule has 2 heterocycles. The van der Waals surface area contributed by atoms with Crippen LogP contribution < -0.4 is 0 Å². The second kappa shape index (κ2) is 5.04. The van der Waals surface area contributed by atoms with E-state index in [1.807, 2.05) is 0 Å². The number of hydrogen-bond acceptors (Lipinski definition) is 2. The Bertz CT molecular complexity index is 481. The Kier molecular flexibility index (Phi) is 3.54. The van der Waals surface area contributed by atoms with Crippen LogP contribution in [0, 0.1) is 5.82 Å². The van der Waals surface area contributed by atoms with Crippen molar-refractivity contribution in [3.05, 3.63) is 34.6 Å². The molecule has 2 atom stereocenters. The van der Waals surface area contributed by atoms with E-state index in [0.717, 1.165) is 31.5 Å². The van der Waals surface area contributed by atoms with Crippen LogP contribution in [0.15, 0.2) is 18.2 Å². The van der Waals surface area contributed by atoms with Crippen LogP contribution in [-0.4, -0.2) is 34.7 Å². The Morgan fingerprint density at radius 3 is 3.05 bits per heavy atom. The fourth-order valence-corrected chi connectivity index (χ4v) is 3.77. The maximum atomic E-state index is 13.3. The van der Waals surface area contributed by atoms with Gasteiger partial charge in [-0.25, -0.2) is 4.39 Å². The molecule has 2 saturated heterocycles. The van der Waals surface area contributed by atoms with E-state index >= 15 is 0 Å². The van der Waals surface area contributed by atoms with Gasteiger partial charge in [-0.05, 0) is 49.6 Å². The van der Waals surface area contributed by atoms with Crippen LogP contribution in [0.25, 0.3) is 0 Å². The van der Waals surface area contributed by atoms with Gasteiger partial charge in [-0.3, -0.25) is 4.90 Å². The quantitative estimate of drug-likeness (QED) is 0.902. The van der Waals surface area contributed by atoms with Crippen LogP contribution in [0.3, 0.4) is 0 Å². The Morgan fingerprint density at radius 2 is 2.21 bits per heavy atom. The van der Waals surface area contributed by atoms with Gasteiger partial charge < -0.3 is 5.11 Å². The highest BCUT2D eigenvalue weighted by Gasteiger charge is 2.46. The molecule has 0 amide bonds. The third-order valence-electron chi connectivity index (χ3n) is 4.57. The van der Waals surface area contributed by atoms with E-state index in [9.17, 15) is 9.50 Å². The first-order valence-corrected chi connectivity index (χ1v) is 7.37. The molecule has 0 aromatic heterocycles. The van der Waals surface area contributed by atoms with E-state index in [0.29, 0.717) is 11.4 Å². The maximum absolute atomic E-state index is 13.3. The van der Waals surface area contributed by atoms with Crippen LogP contribution in [-0.2, 0) is 6.42 Å². The molecule has 3 rings (SSSR count). The van der Waals surface area contributed by atoms with E-state index < -0.39 is 5.60 Å². The summed E-state index contributed by atoms with van der Waals surface area (Å²) in [7, 11) is 0. The fraction of sp³-hybridized carbons (Fsp3) is 0.600. The molecule has 2 aliphatic heterocycles. The topological polar surface area (TPSA) is 23.5 Å². The summed E-state index contributed by atoms with van der Waals surface area (Å²) in [6.07, 6.45) is 4.62. The predicted octanol–water partition coefficient (Wildman–Crippen LogP) is 3.01. The van der Waals surface area contributed by atoms with Crippen molar-refractivity contribution in [2.24, 2.45) is 0 Å². The lowest BCUT2D eigenvalue weighted by Crippen LogP contribution is -2.48. The van der Waals surface area contributed by atoms with Crippen LogP contribution in [0.2, 0.25) is 5.02 Å². The van der Waals surface area contributed by atoms with Gasteiger partial charge in [0, 0.05) is 24.0 Å². The minimum absolute atomic E-state index is 0.209. The Labute approximate surface area is 118 Å². The van der Waals surface area contributed by atoms with Crippen LogP contribution >= 0.6 is 11.6 Å². The van der Waals surface area contributed by atoms with Gasteiger partial charge in [-0.1, -0.05) is 18.0 Å². The van der Waals surface area contributed by atoms with Crippen molar-refractivity contribution in [2.75, 3.05) is 13.1 Å². The highest BCUT2D eigenvalue weighted by atomic mass is 35.5.